The van der Waals surface area contributed by atoms with Crippen LogP contribution in [0.5, 0.6) is 0 Å². The van der Waals surface area contributed by atoms with Gasteiger partial charge in [0.2, 0.25) is 0 Å². The topological polar surface area (TPSA) is 88.0 Å². The lowest BCUT2D eigenvalue weighted by Gasteiger charge is -2.01. The number of aliphatic carboxylic acids is 1. The molecule has 0 aromatic carbocycles. The average molecular weight is 242 g/mol. The zero-order valence-electron chi connectivity index (χ0n) is 10.3. The van der Waals surface area contributed by atoms with E-state index in [4.69, 9.17) is 5.11 Å². The molecule has 0 heterocycles. The van der Waals surface area contributed by atoms with Gasteiger partial charge in [-0.2, -0.15) is 0 Å². The Labute approximate surface area is 100 Å². The van der Waals surface area contributed by atoms with Gasteiger partial charge in [0, 0.05) is 12.1 Å². The van der Waals surface area contributed by atoms with Gasteiger partial charge in [-0.05, 0) is 26.7 Å². The summed E-state index contributed by atoms with van der Waals surface area (Å²) in [6, 6.07) is 0. The SMILES string of the molecule is CCC(C)=NOC(=O)NCCC=C(C)C(=O)O. The number of carboxylic acid groups (broad SMARTS) is 1. The predicted molar refractivity (Wildman–Crippen MR) is 63.9 cm³/mol. The molecule has 0 aromatic rings. The van der Waals surface area contributed by atoms with Crippen molar-refractivity contribution in [2.45, 2.75) is 33.6 Å². The second kappa shape index (κ2) is 8.32. The zero-order chi connectivity index (χ0) is 13.3. The van der Waals surface area contributed by atoms with Gasteiger partial charge in [0.15, 0.2) is 0 Å². The van der Waals surface area contributed by atoms with E-state index in [9.17, 15) is 9.59 Å². The molecule has 0 atom stereocenters. The number of carboxylic acids is 1. The molecule has 1 amide bonds. The van der Waals surface area contributed by atoms with Gasteiger partial charge in [-0.1, -0.05) is 18.2 Å². The first kappa shape index (κ1) is 15.2. The van der Waals surface area contributed by atoms with E-state index in [1.54, 1.807) is 6.92 Å². The number of oxime groups is 1. The second-order valence-electron chi connectivity index (χ2n) is 3.47. The molecule has 0 fully saturated rings. The Morgan fingerprint density at radius 2 is 2.06 bits per heavy atom. The van der Waals surface area contributed by atoms with Gasteiger partial charge in [0.25, 0.3) is 0 Å². The van der Waals surface area contributed by atoms with Crippen LogP contribution in [0.15, 0.2) is 16.8 Å². The Morgan fingerprint density at radius 3 is 2.59 bits per heavy atom. The van der Waals surface area contributed by atoms with Gasteiger partial charge >= 0.3 is 12.1 Å². The van der Waals surface area contributed by atoms with Crippen LogP contribution >= 0.6 is 0 Å². The van der Waals surface area contributed by atoms with E-state index in [2.05, 4.69) is 15.3 Å². The number of nitrogens with one attached hydrogen (secondary N) is 1. The van der Waals surface area contributed by atoms with Crippen molar-refractivity contribution in [3.05, 3.63) is 11.6 Å². The number of carbonyl (C=O) groups is 2. The molecule has 0 aliphatic heterocycles. The molecule has 0 aliphatic carbocycles. The van der Waals surface area contributed by atoms with Crippen LogP contribution in [0.3, 0.4) is 0 Å². The Hall–Kier alpha value is -1.85. The van der Waals surface area contributed by atoms with E-state index in [1.165, 1.54) is 13.0 Å². The minimum Gasteiger partial charge on any atom is -0.478 e. The minimum absolute atomic E-state index is 0.250. The highest BCUT2D eigenvalue weighted by atomic mass is 16.7. The Bertz CT molecular complexity index is 334. The number of nitrogens with zero attached hydrogens (tertiary/aromatic N) is 1. The third-order valence-corrected chi connectivity index (χ3v) is 2.00. The van der Waals surface area contributed by atoms with Crippen LogP contribution in [0.2, 0.25) is 0 Å². The summed E-state index contributed by atoms with van der Waals surface area (Å²) in [5, 5.41) is 14.6. The second-order valence-corrected chi connectivity index (χ2v) is 3.47. The molecule has 0 aromatic heterocycles. The number of hydrogen-bond donors (Lipinski definition) is 2. The van der Waals surface area contributed by atoms with Crippen molar-refractivity contribution >= 4 is 17.8 Å². The van der Waals surface area contributed by atoms with Crippen LogP contribution in [0.4, 0.5) is 4.79 Å². The molecule has 96 valence electrons. The molecule has 0 saturated heterocycles. The fourth-order valence-electron chi connectivity index (χ4n) is 0.766. The van der Waals surface area contributed by atoms with Gasteiger partial charge in [-0.25, -0.2) is 9.59 Å². The standard InChI is InChI=1S/C11H18N2O4/c1-4-9(3)13-17-11(16)12-7-5-6-8(2)10(14)15/h6H,4-5,7H2,1-3H3,(H,12,16)(H,14,15). The molecule has 6 nitrogen and oxygen atoms in total. The lowest BCUT2D eigenvalue weighted by molar-refractivity contribution is -0.132. The molecular formula is C11H18N2O4. The quantitative estimate of drug-likeness (QED) is 0.245. The van der Waals surface area contributed by atoms with Crippen LogP contribution in [-0.4, -0.2) is 29.4 Å². The Kier molecular flexibility index (Phi) is 7.41. The fraction of sp³-hybridized carbons (Fsp3) is 0.545. The maximum Gasteiger partial charge on any atom is 0.433 e. The smallest absolute Gasteiger partial charge is 0.433 e. The molecule has 6 heteroatoms. The van der Waals surface area contributed by atoms with Crippen LogP contribution in [0.1, 0.15) is 33.6 Å². The van der Waals surface area contributed by atoms with Gasteiger partial charge < -0.3 is 10.4 Å². The molecule has 0 saturated carbocycles. The molecule has 0 unspecified atom stereocenters. The van der Waals surface area contributed by atoms with E-state index in [0.29, 0.717) is 19.4 Å². The summed E-state index contributed by atoms with van der Waals surface area (Å²) in [7, 11) is 0. The van der Waals surface area contributed by atoms with Crippen molar-refractivity contribution in [3.63, 3.8) is 0 Å². The van der Waals surface area contributed by atoms with Gasteiger partial charge in [-0.15, -0.1) is 0 Å². The normalized spacial score (nSPS) is 12.2. The highest BCUT2D eigenvalue weighted by Gasteiger charge is 2.01. The van der Waals surface area contributed by atoms with Crippen LogP contribution in [-0.2, 0) is 9.63 Å². The lowest BCUT2D eigenvalue weighted by atomic mass is 10.2. The van der Waals surface area contributed by atoms with E-state index >= 15 is 0 Å². The van der Waals surface area contributed by atoms with Crippen LogP contribution in [0, 0.1) is 0 Å². The first-order chi connectivity index (χ1) is 7.97. The molecule has 17 heavy (non-hydrogen) atoms. The molecule has 0 bridgehead atoms. The van der Waals surface area contributed by atoms with Crippen molar-refractivity contribution < 1.29 is 19.5 Å². The molecule has 0 rings (SSSR count). The number of rotatable bonds is 6. The van der Waals surface area contributed by atoms with Crippen molar-refractivity contribution in [3.8, 4) is 0 Å². The van der Waals surface area contributed by atoms with Gasteiger partial charge in [0.05, 0.1) is 5.71 Å². The van der Waals surface area contributed by atoms with Crippen molar-refractivity contribution in [2.75, 3.05) is 6.54 Å². The monoisotopic (exact) mass is 242 g/mol. The first-order valence-corrected chi connectivity index (χ1v) is 5.35. The summed E-state index contributed by atoms with van der Waals surface area (Å²) in [6.45, 7) is 5.46. The van der Waals surface area contributed by atoms with Crippen molar-refractivity contribution in [1.82, 2.24) is 5.32 Å². The summed E-state index contributed by atoms with van der Waals surface area (Å²) in [5.74, 6) is -0.962. The van der Waals surface area contributed by atoms with Crippen molar-refractivity contribution in [2.24, 2.45) is 5.16 Å². The average Bonchev–Trinajstić information content (AvgIpc) is 2.30. The third kappa shape index (κ3) is 8.01. The molecule has 0 radical (unpaired) electrons. The van der Waals surface area contributed by atoms with Gasteiger partial charge in [-0.3, -0.25) is 4.84 Å². The molecule has 2 N–H and O–H groups in total. The number of amides is 1. The maximum atomic E-state index is 11.1. The van der Waals surface area contributed by atoms with Gasteiger partial charge in [0.1, 0.15) is 0 Å². The highest BCUT2D eigenvalue weighted by molar-refractivity contribution is 5.85. The van der Waals surface area contributed by atoms with E-state index in [0.717, 1.165) is 5.71 Å². The number of carbonyl (C=O) groups excluding carboxylic acids is 1. The summed E-state index contributed by atoms with van der Waals surface area (Å²) in [5.41, 5.74) is 0.974. The summed E-state index contributed by atoms with van der Waals surface area (Å²) in [6.07, 6.45) is 2.04. The fourth-order valence-corrected chi connectivity index (χ4v) is 0.766. The zero-order valence-corrected chi connectivity index (χ0v) is 10.3. The molecule has 0 aliphatic rings. The Morgan fingerprint density at radius 1 is 1.41 bits per heavy atom. The molecular weight excluding hydrogens is 224 g/mol. The van der Waals surface area contributed by atoms with Crippen LogP contribution < -0.4 is 5.32 Å². The Balaban J connectivity index is 3.80. The summed E-state index contributed by atoms with van der Waals surface area (Å²) >= 11 is 0. The van der Waals surface area contributed by atoms with E-state index < -0.39 is 12.1 Å². The van der Waals surface area contributed by atoms with E-state index in [1.807, 2.05) is 6.92 Å². The first-order valence-electron chi connectivity index (χ1n) is 5.35. The third-order valence-electron chi connectivity index (χ3n) is 2.00. The lowest BCUT2D eigenvalue weighted by Crippen LogP contribution is -2.23. The van der Waals surface area contributed by atoms with Crippen molar-refractivity contribution in [1.29, 1.82) is 0 Å². The number of hydrogen-bond acceptors (Lipinski definition) is 4. The minimum atomic E-state index is -0.962. The summed E-state index contributed by atoms with van der Waals surface area (Å²) in [4.78, 5) is 26.1. The molecule has 0 spiro atoms. The van der Waals surface area contributed by atoms with Crippen LogP contribution in [0.25, 0.3) is 0 Å². The highest BCUT2D eigenvalue weighted by Crippen LogP contribution is 1.94. The maximum absolute atomic E-state index is 11.1. The van der Waals surface area contributed by atoms with E-state index in [-0.39, 0.29) is 5.57 Å². The predicted octanol–water partition coefficient (Wildman–Crippen LogP) is 1.92. The largest absolute Gasteiger partial charge is 0.478 e. The summed E-state index contributed by atoms with van der Waals surface area (Å²) < 4.78 is 0.